The van der Waals surface area contributed by atoms with E-state index in [4.69, 9.17) is 0 Å². The van der Waals surface area contributed by atoms with Crippen molar-refractivity contribution in [1.29, 1.82) is 0 Å². The van der Waals surface area contributed by atoms with Gasteiger partial charge >= 0.3 is 12.2 Å². The number of thiazole rings is 1. The van der Waals surface area contributed by atoms with Gasteiger partial charge in [0.1, 0.15) is 0 Å². The summed E-state index contributed by atoms with van der Waals surface area (Å²) in [5.41, 5.74) is 0.873. The minimum atomic E-state index is -4.17. The third kappa shape index (κ3) is 4.59. The van der Waals surface area contributed by atoms with Crippen LogP contribution in [0.5, 0.6) is 0 Å². The predicted molar refractivity (Wildman–Crippen MR) is 78.8 cm³/mol. The second-order valence-electron chi connectivity index (χ2n) is 5.67. The third-order valence-corrected chi connectivity index (χ3v) is 4.95. The molecule has 1 aromatic heterocycles. The van der Waals surface area contributed by atoms with Crippen molar-refractivity contribution in [2.75, 3.05) is 0 Å². The normalized spacial score (nSPS) is 22.4. The summed E-state index contributed by atoms with van der Waals surface area (Å²) in [7, 11) is 0. The number of carbonyl (C=O) groups excluding carboxylic acids is 1. The third-order valence-electron chi connectivity index (χ3n) is 3.88. The Labute approximate surface area is 131 Å². The van der Waals surface area contributed by atoms with Gasteiger partial charge in [-0.1, -0.05) is 6.42 Å². The summed E-state index contributed by atoms with van der Waals surface area (Å²) in [6.07, 6.45) is -2.96. The summed E-state index contributed by atoms with van der Waals surface area (Å²) >= 11 is 1.50. The summed E-state index contributed by atoms with van der Waals surface area (Å²) in [5, 5.41) is 6.27. The Morgan fingerprint density at radius 1 is 1.36 bits per heavy atom. The molecule has 1 aliphatic carbocycles. The van der Waals surface area contributed by atoms with Crippen LogP contribution in [-0.4, -0.2) is 23.2 Å². The van der Waals surface area contributed by atoms with Gasteiger partial charge in [-0.2, -0.15) is 13.2 Å². The molecule has 0 bridgehead atoms. The molecule has 4 nitrogen and oxygen atoms in total. The largest absolute Gasteiger partial charge is 0.391 e. The Kier molecular flexibility index (Phi) is 5.31. The Morgan fingerprint density at radius 2 is 2.09 bits per heavy atom. The lowest BCUT2D eigenvalue weighted by atomic mass is 9.85. The number of carbonyl (C=O) groups is 1. The molecule has 22 heavy (non-hydrogen) atoms. The van der Waals surface area contributed by atoms with E-state index in [9.17, 15) is 18.0 Å². The molecule has 1 aromatic rings. The summed E-state index contributed by atoms with van der Waals surface area (Å²) in [6, 6.07) is -0.831. The average Bonchev–Trinajstić information content (AvgIpc) is 2.74. The second-order valence-corrected chi connectivity index (χ2v) is 6.96. The van der Waals surface area contributed by atoms with Crippen LogP contribution in [0.1, 0.15) is 41.3 Å². The van der Waals surface area contributed by atoms with E-state index in [0.717, 1.165) is 15.6 Å². The van der Waals surface area contributed by atoms with Gasteiger partial charge in [0, 0.05) is 10.9 Å². The topological polar surface area (TPSA) is 54.0 Å². The number of aryl methyl sites for hydroxylation is 2. The minimum Gasteiger partial charge on any atom is -0.335 e. The van der Waals surface area contributed by atoms with Crippen LogP contribution < -0.4 is 10.6 Å². The van der Waals surface area contributed by atoms with E-state index in [0.29, 0.717) is 19.4 Å². The first-order valence-electron chi connectivity index (χ1n) is 7.29. The number of urea groups is 1. The first-order valence-corrected chi connectivity index (χ1v) is 8.11. The molecule has 1 aliphatic rings. The van der Waals surface area contributed by atoms with Crippen molar-refractivity contribution in [2.24, 2.45) is 5.92 Å². The van der Waals surface area contributed by atoms with Crippen molar-refractivity contribution in [1.82, 2.24) is 15.6 Å². The van der Waals surface area contributed by atoms with Crippen molar-refractivity contribution < 1.29 is 18.0 Å². The fourth-order valence-corrected chi connectivity index (χ4v) is 3.63. The second kappa shape index (κ2) is 6.85. The molecule has 1 fully saturated rings. The van der Waals surface area contributed by atoms with Crippen molar-refractivity contribution in [3.8, 4) is 0 Å². The fourth-order valence-electron chi connectivity index (χ4n) is 2.75. The van der Waals surface area contributed by atoms with Gasteiger partial charge in [-0.05, 0) is 33.1 Å². The van der Waals surface area contributed by atoms with Gasteiger partial charge in [0.2, 0.25) is 0 Å². The highest BCUT2D eigenvalue weighted by molar-refractivity contribution is 7.11. The van der Waals surface area contributed by atoms with E-state index >= 15 is 0 Å². The van der Waals surface area contributed by atoms with Crippen molar-refractivity contribution in [2.45, 2.75) is 58.3 Å². The molecule has 2 N–H and O–H groups in total. The predicted octanol–water partition coefficient (Wildman–Crippen LogP) is 3.68. The maximum Gasteiger partial charge on any atom is 0.391 e. The maximum absolute atomic E-state index is 12.7. The van der Waals surface area contributed by atoms with Crippen LogP contribution in [0.25, 0.3) is 0 Å². The van der Waals surface area contributed by atoms with E-state index < -0.39 is 24.2 Å². The van der Waals surface area contributed by atoms with Crippen molar-refractivity contribution >= 4 is 17.4 Å². The minimum absolute atomic E-state index is 0.0321. The quantitative estimate of drug-likeness (QED) is 0.885. The maximum atomic E-state index is 12.7. The molecule has 8 heteroatoms. The van der Waals surface area contributed by atoms with Gasteiger partial charge in [-0.25, -0.2) is 9.78 Å². The fraction of sp³-hybridized carbons (Fsp3) is 0.714. The Balaban J connectivity index is 1.80. The van der Waals surface area contributed by atoms with Gasteiger partial charge < -0.3 is 10.6 Å². The summed E-state index contributed by atoms with van der Waals surface area (Å²) < 4.78 is 38.2. The standard InChI is InChI=1S/C14H20F3N3OS/c1-8-12(22-9(2)19-8)7-18-13(21)20-11-5-3-4-10(6-11)14(15,16)17/h10-11H,3-7H2,1-2H3,(H2,18,20,21)/t10-,11-/m1/s1. The van der Waals surface area contributed by atoms with Crippen LogP contribution in [0.2, 0.25) is 0 Å². The lowest BCUT2D eigenvalue weighted by Crippen LogP contribution is -2.45. The van der Waals surface area contributed by atoms with Crippen molar-refractivity contribution in [3.05, 3.63) is 15.6 Å². The first kappa shape index (κ1) is 17.1. The lowest BCUT2D eigenvalue weighted by molar-refractivity contribution is -0.183. The van der Waals surface area contributed by atoms with Gasteiger partial charge in [-0.3, -0.25) is 0 Å². The Bertz CT molecular complexity index is 530. The monoisotopic (exact) mass is 335 g/mol. The number of alkyl halides is 3. The molecule has 2 atom stereocenters. The molecule has 0 aliphatic heterocycles. The van der Waals surface area contributed by atoms with E-state index in [1.807, 2.05) is 13.8 Å². The molecule has 0 unspecified atom stereocenters. The number of rotatable bonds is 3. The van der Waals surface area contributed by atoms with Crippen LogP contribution in [0.3, 0.4) is 0 Å². The van der Waals surface area contributed by atoms with Crippen LogP contribution in [0.4, 0.5) is 18.0 Å². The van der Waals surface area contributed by atoms with Crippen LogP contribution in [0, 0.1) is 19.8 Å². The molecular weight excluding hydrogens is 315 g/mol. The van der Waals surface area contributed by atoms with E-state index in [1.54, 1.807) is 0 Å². The van der Waals surface area contributed by atoms with Gasteiger partial charge in [0.25, 0.3) is 0 Å². The number of nitrogens with one attached hydrogen (secondary N) is 2. The number of aromatic nitrogens is 1. The highest BCUT2D eigenvalue weighted by Crippen LogP contribution is 2.37. The van der Waals surface area contributed by atoms with Crippen molar-refractivity contribution in [3.63, 3.8) is 0 Å². The number of nitrogens with zero attached hydrogens (tertiary/aromatic N) is 1. The molecule has 0 aromatic carbocycles. The number of hydrogen-bond donors (Lipinski definition) is 2. The molecule has 2 amide bonds. The van der Waals surface area contributed by atoms with Crippen LogP contribution in [-0.2, 0) is 6.54 Å². The zero-order valence-corrected chi connectivity index (χ0v) is 13.4. The van der Waals surface area contributed by atoms with Crippen LogP contribution >= 0.6 is 11.3 Å². The van der Waals surface area contributed by atoms with E-state index in [2.05, 4.69) is 15.6 Å². The van der Waals surface area contributed by atoms with Gasteiger partial charge in [0.05, 0.1) is 23.2 Å². The summed E-state index contributed by atoms with van der Waals surface area (Å²) in [4.78, 5) is 17.1. The van der Waals surface area contributed by atoms with Crippen LogP contribution in [0.15, 0.2) is 0 Å². The average molecular weight is 335 g/mol. The highest BCUT2D eigenvalue weighted by Gasteiger charge is 2.42. The van der Waals surface area contributed by atoms with E-state index in [-0.39, 0.29) is 12.8 Å². The van der Waals surface area contributed by atoms with Gasteiger partial charge in [0.15, 0.2) is 0 Å². The highest BCUT2D eigenvalue weighted by atomic mass is 32.1. The molecule has 2 rings (SSSR count). The number of hydrogen-bond acceptors (Lipinski definition) is 3. The Morgan fingerprint density at radius 3 is 2.68 bits per heavy atom. The molecular formula is C14H20F3N3OS. The molecule has 1 heterocycles. The summed E-state index contributed by atoms with van der Waals surface area (Å²) in [5.74, 6) is -1.31. The van der Waals surface area contributed by atoms with E-state index in [1.165, 1.54) is 11.3 Å². The molecule has 124 valence electrons. The SMILES string of the molecule is Cc1nc(C)c(CNC(=O)N[C@@H]2CCC[C@@H](C(F)(F)F)C2)s1. The Hall–Kier alpha value is -1.31. The smallest absolute Gasteiger partial charge is 0.335 e. The molecule has 0 saturated heterocycles. The first-order chi connectivity index (χ1) is 10.3. The number of amides is 2. The molecule has 0 spiro atoms. The zero-order chi connectivity index (χ0) is 16.3. The molecule has 1 saturated carbocycles. The molecule has 0 radical (unpaired) electrons. The zero-order valence-electron chi connectivity index (χ0n) is 12.6. The summed E-state index contributed by atoms with van der Waals surface area (Å²) in [6.45, 7) is 4.10. The van der Waals surface area contributed by atoms with Gasteiger partial charge in [-0.15, -0.1) is 11.3 Å². The lowest BCUT2D eigenvalue weighted by Gasteiger charge is -2.31. The number of halogens is 3.